The van der Waals surface area contributed by atoms with E-state index in [1.807, 2.05) is 6.92 Å². The van der Waals surface area contributed by atoms with Gasteiger partial charge in [0.1, 0.15) is 0 Å². The molecule has 0 bridgehead atoms. The van der Waals surface area contributed by atoms with Gasteiger partial charge in [-0.3, -0.25) is 4.72 Å². The molecule has 0 radical (unpaired) electrons. The van der Waals surface area contributed by atoms with E-state index in [0.29, 0.717) is 19.3 Å². The summed E-state index contributed by atoms with van der Waals surface area (Å²) in [5.74, 6) is -1.92. The molecule has 12 heteroatoms. The van der Waals surface area contributed by atoms with Crippen molar-refractivity contribution < 1.29 is 22.3 Å². The Morgan fingerprint density at radius 3 is 2.63 bits per heavy atom. The van der Waals surface area contributed by atoms with Crippen LogP contribution in [0.1, 0.15) is 38.2 Å². The highest BCUT2D eigenvalue weighted by Gasteiger charge is 2.36. The lowest BCUT2D eigenvalue weighted by molar-refractivity contribution is 0.268. The molecule has 1 aliphatic carbocycles. The fraction of sp³-hybridized carbons (Fsp3) is 0.500. The van der Waals surface area contributed by atoms with Crippen LogP contribution in [0.5, 0.6) is 0 Å². The molecular weight excluding hydrogens is 436 g/mol. The Balaban J connectivity index is 1.83. The molecule has 1 aromatic heterocycles. The van der Waals surface area contributed by atoms with Crippen LogP contribution in [0.15, 0.2) is 23.4 Å². The van der Waals surface area contributed by atoms with Crippen molar-refractivity contribution >= 4 is 33.7 Å². The number of rotatable bonds is 11. The normalized spacial score (nSPS) is 15.1. The molecular formula is C18H23F2N5O3S2. The van der Waals surface area contributed by atoms with Crippen molar-refractivity contribution in [1.29, 1.82) is 0 Å². The van der Waals surface area contributed by atoms with Gasteiger partial charge in [-0.15, -0.1) is 0 Å². The molecule has 1 heterocycles. The largest absolute Gasteiger partial charge is 0.394 e. The van der Waals surface area contributed by atoms with Crippen molar-refractivity contribution in [3.8, 4) is 0 Å². The number of halogens is 2. The van der Waals surface area contributed by atoms with E-state index in [1.54, 1.807) is 0 Å². The minimum absolute atomic E-state index is 0.0419. The summed E-state index contributed by atoms with van der Waals surface area (Å²) >= 11 is 1.02. The zero-order chi connectivity index (χ0) is 21.7. The van der Waals surface area contributed by atoms with Gasteiger partial charge in [-0.1, -0.05) is 37.2 Å². The molecule has 0 spiro atoms. The van der Waals surface area contributed by atoms with Crippen LogP contribution in [0, 0.1) is 11.6 Å². The summed E-state index contributed by atoms with van der Waals surface area (Å²) in [4.78, 5) is 12.4. The fourth-order valence-electron chi connectivity index (χ4n) is 2.66. The van der Waals surface area contributed by atoms with Crippen LogP contribution in [0.2, 0.25) is 0 Å². The number of nitrogens with zero attached hydrogens (tertiary/aromatic N) is 3. The lowest BCUT2D eigenvalue weighted by Crippen LogP contribution is -2.26. The minimum atomic E-state index is -3.60. The van der Waals surface area contributed by atoms with E-state index in [0.717, 1.165) is 24.2 Å². The lowest BCUT2D eigenvalue weighted by atomic mass is 10.2. The second kappa shape index (κ2) is 9.84. The molecule has 1 aliphatic rings. The molecule has 1 aromatic carbocycles. The van der Waals surface area contributed by atoms with Gasteiger partial charge in [-0.2, -0.15) is 15.0 Å². The van der Waals surface area contributed by atoms with Crippen molar-refractivity contribution in [1.82, 2.24) is 15.0 Å². The summed E-state index contributed by atoms with van der Waals surface area (Å²) in [5, 5.41) is 12.1. The first-order chi connectivity index (χ1) is 14.3. The lowest BCUT2D eigenvalue weighted by Gasteiger charge is -2.16. The van der Waals surface area contributed by atoms with Crippen molar-refractivity contribution in [2.75, 3.05) is 16.6 Å². The monoisotopic (exact) mass is 459 g/mol. The highest BCUT2D eigenvalue weighted by atomic mass is 32.2. The van der Waals surface area contributed by atoms with Crippen LogP contribution in [0.3, 0.4) is 0 Å². The van der Waals surface area contributed by atoms with E-state index in [-0.39, 0.29) is 41.0 Å². The van der Waals surface area contributed by atoms with Gasteiger partial charge in [-0.25, -0.2) is 17.2 Å². The van der Waals surface area contributed by atoms with E-state index >= 15 is 0 Å². The third-order valence-corrected chi connectivity index (χ3v) is 7.10. The zero-order valence-corrected chi connectivity index (χ0v) is 17.9. The highest BCUT2D eigenvalue weighted by Crippen LogP contribution is 2.30. The Hall–Kier alpha value is -2.05. The maximum Gasteiger partial charge on any atom is 0.242 e. The molecule has 3 rings (SSSR count). The van der Waals surface area contributed by atoms with E-state index in [4.69, 9.17) is 0 Å². The minimum Gasteiger partial charge on any atom is -0.394 e. The number of anilines is 2. The zero-order valence-electron chi connectivity index (χ0n) is 16.3. The summed E-state index contributed by atoms with van der Waals surface area (Å²) in [6, 6.07) is 3.57. The standard InChI is InChI=1S/C18H23F2N5O3S2/c1-2-4-12(9-26)21-16-22-17(25-30(27,28)13-7-8-13)24-18(23-16)29-10-11-5-3-6-14(19)15(11)20/h3,5-6,12-13,26H,2,4,7-10H2,1H3,(H2,21,22,23,24,25)/t12-/m1/s1. The van der Waals surface area contributed by atoms with Gasteiger partial charge in [0.2, 0.25) is 21.9 Å². The number of thioether (sulfide) groups is 1. The van der Waals surface area contributed by atoms with Gasteiger partial charge < -0.3 is 10.4 Å². The van der Waals surface area contributed by atoms with Gasteiger partial charge >= 0.3 is 0 Å². The number of aromatic nitrogens is 3. The molecule has 1 saturated carbocycles. The van der Waals surface area contributed by atoms with Gasteiger partial charge in [-0.05, 0) is 25.3 Å². The van der Waals surface area contributed by atoms with Crippen LogP contribution in [-0.4, -0.2) is 46.4 Å². The van der Waals surface area contributed by atoms with Crippen LogP contribution in [0.4, 0.5) is 20.7 Å². The molecule has 1 fully saturated rings. The SMILES string of the molecule is CCC[C@H](CO)Nc1nc(NS(=O)(=O)C2CC2)nc(SCc2cccc(F)c2F)n1. The third kappa shape index (κ3) is 5.99. The summed E-state index contributed by atoms with van der Waals surface area (Å²) in [7, 11) is -3.60. The van der Waals surface area contributed by atoms with E-state index < -0.39 is 26.9 Å². The Morgan fingerprint density at radius 1 is 1.23 bits per heavy atom. The maximum absolute atomic E-state index is 13.9. The molecule has 8 nitrogen and oxygen atoms in total. The van der Waals surface area contributed by atoms with Gasteiger partial charge in [0.15, 0.2) is 16.8 Å². The molecule has 0 amide bonds. The third-order valence-electron chi connectivity index (χ3n) is 4.39. The van der Waals surface area contributed by atoms with Gasteiger partial charge in [0, 0.05) is 11.3 Å². The predicted octanol–water partition coefficient (Wildman–Crippen LogP) is 2.92. The van der Waals surface area contributed by atoms with Gasteiger partial charge in [0.25, 0.3) is 0 Å². The fourth-order valence-corrected chi connectivity index (χ4v) is 4.74. The number of sulfonamides is 1. The van der Waals surface area contributed by atoms with Crippen LogP contribution < -0.4 is 10.0 Å². The predicted molar refractivity (Wildman–Crippen MR) is 111 cm³/mol. The average molecular weight is 460 g/mol. The van der Waals surface area contributed by atoms with Gasteiger partial charge in [0.05, 0.1) is 17.9 Å². The maximum atomic E-state index is 13.9. The van der Waals surface area contributed by atoms with Crippen molar-refractivity contribution in [2.45, 2.75) is 54.8 Å². The number of benzene rings is 1. The molecule has 1 atom stereocenters. The molecule has 0 saturated heterocycles. The topological polar surface area (TPSA) is 117 Å². The average Bonchev–Trinajstić information content (AvgIpc) is 3.54. The molecule has 30 heavy (non-hydrogen) atoms. The quantitative estimate of drug-likeness (QED) is 0.439. The molecule has 3 N–H and O–H groups in total. The Bertz CT molecular complexity index is 990. The first-order valence-corrected chi connectivity index (χ1v) is 12.1. The highest BCUT2D eigenvalue weighted by molar-refractivity contribution is 7.98. The second-order valence-corrected chi connectivity index (χ2v) is 9.83. The Labute approximate surface area is 178 Å². The molecule has 0 unspecified atom stereocenters. The van der Waals surface area contributed by atoms with E-state index in [1.165, 1.54) is 12.1 Å². The van der Waals surface area contributed by atoms with Crippen molar-refractivity contribution in [2.24, 2.45) is 0 Å². The molecule has 164 valence electrons. The molecule has 2 aromatic rings. The first kappa shape index (κ1) is 22.6. The number of hydrogen-bond acceptors (Lipinski definition) is 8. The summed E-state index contributed by atoms with van der Waals surface area (Å²) < 4.78 is 54.2. The first-order valence-electron chi connectivity index (χ1n) is 9.53. The van der Waals surface area contributed by atoms with Crippen molar-refractivity contribution in [3.63, 3.8) is 0 Å². The van der Waals surface area contributed by atoms with Crippen molar-refractivity contribution in [3.05, 3.63) is 35.4 Å². The number of aliphatic hydroxyl groups excluding tert-OH is 1. The number of nitrogens with one attached hydrogen (secondary N) is 2. The summed E-state index contributed by atoms with van der Waals surface area (Å²) in [6.45, 7) is 1.81. The number of hydrogen-bond donors (Lipinski definition) is 3. The number of aliphatic hydroxyl groups is 1. The smallest absolute Gasteiger partial charge is 0.242 e. The van der Waals surface area contributed by atoms with E-state index in [9.17, 15) is 22.3 Å². The van der Waals surface area contributed by atoms with Crippen LogP contribution >= 0.6 is 11.8 Å². The second-order valence-electron chi connectivity index (χ2n) is 6.93. The van der Waals surface area contributed by atoms with E-state index in [2.05, 4.69) is 25.0 Å². The summed E-state index contributed by atoms with van der Waals surface area (Å²) in [5.41, 5.74) is 0.134. The summed E-state index contributed by atoms with van der Waals surface area (Å²) in [6.07, 6.45) is 2.62. The Morgan fingerprint density at radius 2 is 1.97 bits per heavy atom. The van der Waals surface area contributed by atoms with Crippen LogP contribution in [0.25, 0.3) is 0 Å². The van der Waals surface area contributed by atoms with Crippen LogP contribution in [-0.2, 0) is 15.8 Å². The Kier molecular flexibility index (Phi) is 7.42. The molecule has 0 aliphatic heterocycles.